The van der Waals surface area contributed by atoms with E-state index in [1.165, 1.54) is 18.2 Å². The van der Waals surface area contributed by atoms with Crippen molar-refractivity contribution in [2.45, 2.75) is 4.83 Å². The minimum Gasteiger partial charge on any atom is -0.207 e. The lowest BCUT2D eigenvalue weighted by Gasteiger charge is -2.13. The van der Waals surface area contributed by atoms with Gasteiger partial charge in [-0.2, -0.15) is 0 Å². The molecule has 0 bridgehead atoms. The van der Waals surface area contributed by atoms with Crippen LogP contribution < -0.4 is 0 Å². The quantitative estimate of drug-likeness (QED) is 0.676. The van der Waals surface area contributed by atoms with Gasteiger partial charge in [0.25, 0.3) is 0 Å². The van der Waals surface area contributed by atoms with Crippen LogP contribution in [0.2, 0.25) is 5.02 Å². The van der Waals surface area contributed by atoms with Crippen molar-refractivity contribution in [3.63, 3.8) is 0 Å². The number of rotatable bonds is 2. The van der Waals surface area contributed by atoms with Crippen LogP contribution in [0, 0.1) is 11.6 Å². The zero-order valence-corrected chi connectivity index (χ0v) is 11.0. The highest BCUT2D eigenvalue weighted by Gasteiger charge is 2.17. The molecule has 0 aliphatic rings. The monoisotopic (exact) mass is 316 g/mol. The van der Waals surface area contributed by atoms with Crippen LogP contribution in [0.3, 0.4) is 0 Å². The van der Waals surface area contributed by atoms with Gasteiger partial charge in [0.15, 0.2) is 0 Å². The summed E-state index contributed by atoms with van der Waals surface area (Å²) in [6.07, 6.45) is 0. The molecule has 0 spiro atoms. The lowest BCUT2D eigenvalue weighted by molar-refractivity contribution is 0.613. The van der Waals surface area contributed by atoms with E-state index in [1.54, 1.807) is 24.3 Å². The Bertz CT molecular complexity index is 505. The molecule has 4 heteroatoms. The van der Waals surface area contributed by atoms with Gasteiger partial charge in [-0.05, 0) is 29.8 Å². The smallest absolute Gasteiger partial charge is 0.129 e. The maximum absolute atomic E-state index is 13.7. The summed E-state index contributed by atoms with van der Waals surface area (Å²) in [6.45, 7) is 0. The van der Waals surface area contributed by atoms with Gasteiger partial charge in [-0.1, -0.05) is 45.7 Å². The SMILES string of the molecule is Fc1ccc(C(Br)c2c(F)cccc2Cl)cc1. The van der Waals surface area contributed by atoms with Gasteiger partial charge in [0.2, 0.25) is 0 Å². The van der Waals surface area contributed by atoms with Crippen LogP contribution in [0.25, 0.3) is 0 Å². The van der Waals surface area contributed by atoms with Gasteiger partial charge in [0, 0.05) is 10.6 Å². The first kappa shape index (κ1) is 12.5. The predicted molar refractivity (Wildman–Crippen MR) is 68.6 cm³/mol. The van der Waals surface area contributed by atoms with E-state index < -0.39 is 4.83 Å². The molecule has 1 unspecified atom stereocenters. The molecule has 2 aromatic carbocycles. The molecule has 17 heavy (non-hydrogen) atoms. The van der Waals surface area contributed by atoms with Crippen LogP contribution >= 0.6 is 27.5 Å². The Labute approximate surface area is 111 Å². The lowest BCUT2D eigenvalue weighted by Crippen LogP contribution is -1.97. The van der Waals surface area contributed by atoms with E-state index in [-0.39, 0.29) is 11.6 Å². The summed E-state index contributed by atoms with van der Waals surface area (Å²) in [6, 6.07) is 10.4. The molecule has 0 saturated heterocycles. The van der Waals surface area contributed by atoms with Crippen LogP contribution in [0.4, 0.5) is 8.78 Å². The largest absolute Gasteiger partial charge is 0.207 e. The summed E-state index contributed by atoms with van der Waals surface area (Å²) in [5.41, 5.74) is 1.11. The highest BCUT2D eigenvalue weighted by molar-refractivity contribution is 9.09. The maximum atomic E-state index is 13.7. The molecule has 0 N–H and O–H groups in total. The Morgan fingerprint density at radius 2 is 1.65 bits per heavy atom. The molecule has 0 heterocycles. The van der Waals surface area contributed by atoms with Gasteiger partial charge in [0.05, 0.1) is 4.83 Å². The van der Waals surface area contributed by atoms with Crippen molar-refractivity contribution in [2.75, 3.05) is 0 Å². The highest BCUT2D eigenvalue weighted by Crippen LogP contribution is 2.36. The molecule has 0 aromatic heterocycles. The van der Waals surface area contributed by atoms with Crippen molar-refractivity contribution in [1.82, 2.24) is 0 Å². The second kappa shape index (κ2) is 5.15. The highest BCUT2D eigenvalue weighted by atomic mass is 79.9. The zero-order valence-electron chi connectivity index (χ0n) is 8.63. The van der Waals surface area contributed by atoms with E-state index in [0.29, 0.717) is 10.6 Å². The molecule has 0 radical (unpaired) electrons. The first-order valence-electron chi connectivity index (χ1n) is 4.93. The van der Waals surface area contributed by atoms with E-state index in [2.05, 4.69) is 15.9 Å². The fraction of sp³-hybridized carbons (Fsp3) is 0.0769. The summed E-state index contributed by atoms with van der Waals surface area (Å²) < 4.78 is 26.5. The molecule has 2 rings (SSSR count). The summed E-state index contributed by atoms with van der Waals surface area (Å²) in [4.78, 5) is -0.392. The second-order valence-corrected chi connectivity index (χ2v) is 4.87. The van der Waals surface area contributed by atoms with Gasteiger partial charge >= 0.3 is 0 Å². The Kier molecular flexibility index (Phi) is 3.79. The van der Waals surface area contributed by atoms with Crippen molar-refractivity contribution in [3.8, 4) is 0 Å². The van der Waals surface area contributed by atoms with Crippen molar-refractivity contribution < 1.29 is 8.78 Å². The third-order valence-electron chi connectivity index (χ3n) is 2.42. The molecule has 1 atom stereocenters. The number of benzene rings is 2. The standard InChI is InChI=1S/C13H8BrClF2/c14-13(8-4-6-9(16)7-5-8)12-10(15)2-1-3-11(12)17/h1-7,13H. The number of halogens is 4. The number of alkyl halides is 1. The summed E-state index contributed by atoms with van der Waals surface area (Å²) in [7, 11) is 0. The molecule has 88 valence electrons. The molecule has 0 aliphatic heterocycles. The van der Waals surface area contributed by atoms with Crippen LogP contribution in [0.15, 0.2) is 42.5 Å². The number of hydrogen-bond acceptors (Lipinski definition) is 0. The summed E-state index contributed by atoms with van der Waals surface area (Å²) >= 11 is 9.33. The van der Waals surface area contributed by atoms with Crippen LogP contribution in [0.5, 0.6) is 0 Å². The van der Waals surface area contributed by atoms with Gasteiger partial charge < -0.3 is 0 Å². The third kappa shape index (κ3) is 2.67. The first-order chi connectivity index (χ1) is 8.09. The maximum Gasteiger partial charge on any atom is 0.129 e. The van der Waals surface area contributed by atoms with Crippen LogP contribution in [-0.4, -0.2) is 0 Å². The van der Waals surface area contributed by atoms with Gasteiger partial charge in [-0.25, -0.2) is 8.78 Å². The fourth-order valence-electron chi connectivity index (χ4n) is 1.55. The molecule has 0 nitrogen and oxygen atoms in total. The molecule has 0 amide bonds. The normalized spacial score (nSPS) is 12.5. The topological polar surface area (TPSA) is 0 Å². The Hall–Kier alpha value is -0.930. The Balaban J connectivity index is 2.43. The Morgan fingerprint density at radius 3 is 2.24 bits per heavy atom. The molecule has 0 fully saturated rings. The van der Waals surface area contributed by atoms with E-state index in [4.69, 9.17) is 11.6 Å². The second-order valence-electron chi connectivity index (χ2n) is 3.55. The minimum absolute atomic E-state index is 0.326. The van der Waals surface area contributed by atoms with E-state index in [1.807, 2.05) is 0 Å². The van der Waals surface area contributed by atoms with E-state index in [0.717, 1.165) is 5.56 Å². The van der Waals surface area contributed by atoms with Crippen molar-refractivity contribution in [3.05, 3.63) is 70.2 Å². The van der Waals surface area contributed by atoms with Crippen molar-refractivity contribution in [2.24, 2.45) is 0 Å². The van der Waals surface area contributed by atoms with Crippen molar-refractivity contribution in [1.29, 1.82) is 0 Å². The average Bonchev–Trinajstić information content (AvgIpc) is 2.29. The molecule has 0 aliphatic carbocycles. The zero-order chi connectivity index (χ0) is 12.4. The van der Waals surface area contributed by atoms with E-state index >= 15 is 0 Å². The predicted octanol–water partition coefficient (Wildman–Crippen LogP) is 5.10. The van der Waals surface area contributed by atoms with Gasteiger partial charge in [-0.3, -0.25) is 0 Å². The minimum atomic E-state index is -0.392. The van der Waals surface area contributed by atoms with Gasteiger partial charge in [-0.15, -0.1) is 0 Å². The summed E-state index contributed by atoms with van der Waals surface area (Å²) in [5.74, 6) is -0.711. The van der Waals surface area contributed by atoms with Gasteiger partial charge in [0.1, 0.15) is 11.6 Å². The van der Waals surface area contributed by atoms with Crippen LogP contribution in [-0.2, 0) is 0 Å². The summed E-state index contributed by atoms with van der Waals surface area (Å²) in [5, 5.41) is 0.344. The number of hydrogen-bond donors (Lipinski definition) is 0. The molecular formula is C13H8BrClF2. The molecule has 0 saturated carbocycles. The van der Waals surface area contributed by atoms with E-state index in [9.17, 15) is 8.78 Å². The molecular weight excluding hydrogens is 309 g/mol. The third-order valence-corrected chi connectivity index (χ3v) is 3.73. The van der Waals surface area contributed by atoms with Crippen LogP contribution in [0.1, 0.15) is 16.0 Å². The van der Waals surface area contributed by atoms with Crippen molar-refractivity contribution >= 4 is 27.5 Å². The average molecular weight is 318 g/mol. The fourth-order valence-corrected chi connectivity index (χ4v) is 2.73. The molecule has 2 aromatic rings. The lowest BCUT2D eigenvalue weighted by atomic mass is 10.0. The Morgan fingerprint density at radius 1 is 1.00 bits per heavy atom. The first-order valence-corrected chi connectivity index (χ1v) is 6.22.